The van der Waals surface area contributed by atoms with Gasteiger partial charge in [0.15, 0.2) is 0 Å². The van der Waals surface area contributed by atoms with Crippen molar-refractivity contribution >= 4 is 5.91 Å². The number of hydrogen-bond acceptors (Lipinski definition) is 5. The van der Waals surface area contributed by atoms with Gasteiger partial charge >= 0.3 is 6.18 Å². The van der Waals surface area contributed by atoms with E-state index >= 15 is 0 Å². The van der Waals surface area contributed by atoms with Gasteiger partial charge in [-0.3, -0.25) is 9.48 Å². The van der Waals surface area contributed by atoms with Gasteiger partial charge in [0.05, 0.1) is 23.5 Å². The minimum atomic E-state index is -4.45. The van der Waals surface area contributed by atoms with Crippen LogP contribution in [0, 0.1) is 0 Å². The molecule has 10 heteroatoms. The van der Waals surface area contributed by atoms with Crippen LogP contribution in [0.25, 0.3) is 22.4 Å². The maximum Gasteiger partial charge on any atom is 0.416 e. The molecular weight excluding hydrogens is 457 g/mol. The van der Waals surface area contributed by atoms with Crippen LogP contribution in [-0.4, -0.2) is 25.7 Å². The highest BCUT2D eigenvalue weighted by Crippen LogP contribution is 2.34. The lowest BCUT2D eigenvalue weighted by Crippen LogP contribution is -2.27. The van der Waals surface area contributed by atoms with Gasteiger partial charge < -0.3 is 11.1 Å². The van der Waals surface area contributed by atoms with Crippen LogP contribution >= 0.6 is 0 Å². The molecule has 0 unspecified atom stereocenters. The van der Waals surface area contributed by atoms with Crippen LogP contribution < -0.4 is 11.1 Å². The zero-order chi connectivity index (χ0) is 25.2. The average molecular weight is 480 g/mol. The summed E-state index contributed by atoms with van der Waals surface area (Å²) in [5.41, 5.74) is 8.98. The van der Waals surface area contributed by atoms with Gasteiger partial charge in [-0.25, -0.2) is 9.97 Å². The van der Waals surface area contributed by atoms with Gasteiger partial charge in [-0.15, -0.1) is 0 Å². The number of amides is 1. The van der Waals surface area contributed by atoms with Crippen LogP contribution in [0.1, 0.15) is 40.1 Å². The molecule has 35 heavy (non-hydrogen) atoms. The summed E-state index contributed by atoms with van der Waals surface area (Å²) in [5, 5.41) is 6.99. The molecule has 0 spiro atoms. The molecule has 0 fully saturated rings. The third-order valence-electron chi connectivity index (χ3n) is 5.63. The Morgan fingerprint density at radius 3 is 2.46 bits per heavy atom. The molecule has 0 aliphatic heterocycles. The standard InChI is InChI=1S/C25H23F3N6O/c1-15(33-24(35)23-10-22(30-14-31-23)19-12-32-34(2)13-19)16-3-5-17(6-4-16)21-9-20(25(26,27)28)8-7-18(21)11-29/h3-10,12-15H,11,29H2,1-2H3,(H,33,35)/t15-/m1/s1. The molecule has 180 valence electrons. The summed E-state index contributed by atoms with van der Waals surface area (Å²) in [7, 11) is 1.79. The summed E-state index contributed by atoms with van der Waals surface area (Å²) in [5.74, 6) is -0.377. The number of nitrogens with zero attached hydrogens (tertiary/aromatic N) is 4. The Hall–Kier alpha value is -4.05. The molecule has 0 saturated heterocycles. The first kappa shape index (κ1) is 24.1. The number of rotatable bonds is 6. The van der Waals surface area contributed by atoms with Crippen LogP contribution in [0.2, 0.25) is 0 Å². The minimum Gasteiger partial charge on any atom is -0.344 e. The zero-order valence-corrected chi connectivity index (χ0v) is 19.0. The summed E-state index contributed by atoms with van der Waals surface area (Å²) < 4.78 is 41.2. The van der Waals surface area contributed by atoms with Crippen LogP contribution in [0.15, 0.2) is 67.3 Å². The predicted octanol–water partition coefficient (Wildman–Crippen LogP) is 4.51. The molecule has 4 rings (SSSR count). The number of alkyl halides is 3. The molecular formula is C25H23F3N6O. The second-order valence-electron chi connectivity index (χ2n) is 8.08. The lowest BCUT2D eigenvalue weighted by atomic mass is 9.95. The second kappa shape index (κ2) is 9.67. The lowest BCUT2D eigenvalue weighted by molar-refractivity contribution is -0.137. The molecule has 1 atom stereocenters. The SMILES string of the molecule is C[C@@H](NC(=O)c1cc(-c2cnn(C)c2)ncn1)c1ccc(-c2cc(C(F)(F)F)ccc2CN)cc1. The third kappa shape index (κ3) is 5.38. The topological polar surface area (TPSA) is 98.7 Å². The van der Waals surface area contributed by atoms with E-state index in [2.05, 4.69) is 20.4 Å². The van der Waals surface area contributed by atoms with Gasteiger partial charge in [0, 0.05) is 25.4 Å². The third-order valence-corrected chi connectivity index (χ3v) is 5.63. The van der Waals surface area contributed by atoms with Crippen LogP contribution in [0.5, 0.6) is 0 Å². The van der Waals surface area contributed by atoms with Gasteiger partial charge in [-0.05, 0) is 47.4 Å². The number of carbonyl (C=O) groups excluding carboxylic acids is 1. The number of nitrogens with two attached hydrogens (primary N) is 1. The molecule has 1 amide bonds. The first-order valence-electron chi connectivity index (χ1n) is 10.8. The van der Waals surface area contributed by atoms with E-state index in [0.717, 1.165) is 23.3 Å². The number of halogens is 3. The van der Waals surface area contributed by atoms with Crippen molar-refractivity contribution < 1.29 is 18.0 Å². The quantitative estimate of drug-likeness (QED) is 0.423. The number of hydrogen-bond donors (Lipinski definition) is 2. The molecule has 2 heterocycles. The van der Waals surface area contributed by atoms with Crippen molar-refractivity contribution in [2.45, 2.75) is 25.7 Å². The summed E-state index contributed by atoms with van der Waals surface area (Å²) in [6, 6.07) is 11.7. The van der Waals surface area contributed by atoms with Gasteiger partial charge in [0.1, 0.15) is 12.0 Å². The van der Waals surface area contributed by atoms with Crippen molar-refractivity contribution in [2.75, 3.05) is 0 Å². The van der Waals surface area contributed by atoms with Crippen LogP contribution in [0.4, 0.5) is 13.2 Å². The van der Waals surface area contributed by atoms with Crippen molar-refractivity contribution in [1.82, 2.24) is 25.1 Å². The normalized spacial score (nSPS) is 12.4. The van der Waals surface area contributed by atoms with Gasteiger partial charge in [0.2, 0.25) is 0 Å². The van der Waals surface area contributed by atoms with Crippen molar-refractivity contribution in [3.63, 3.8) is 0 Å². The maximum absolute atomic E-state index is 13.2. The smallest absolute Gasteiger partial charge is 0.344 e. The first-order chi connectivity index (χ1) is 16.7. The minimum absolute atomic E-state index is 0.113. The van der Waals surface area contributed by atoms with Crippen molar-refractivity contribution in [2.24, 2.45) is 12.8 Å². The summed E-state index contributed by atoms with van der Waals surface area (Å²) >= 11 is 0. The van der Waals surface area contributed by atoms with Crippen molar-refractivity contribution in [3.8, 4) is 22.4 Å². The van der Waals surface area contributed by atoms with E-state index in [1.165, 1.54) is 12.4 Å². The molecule has 2 aromatic heterocycles. The molecule has 0 bridgehead atoms. The van der Waals surface area contributed by atoms with E-state index in [9.17, 15) is 18.0 Å². The summed E-state index contributed by atoms with van der Waals surface area (Å²) in [6.07, 6.45) is 0.308. The molecule has 2 aromatic carbocycles. The van der Waals surface area contributed by atoms with Gasteiger partial charge in [-0.1, -0.05) is 30.3 Å². The maximum atomic E-state index is 13.2. The van der Waals surface area contributed by atoms with E-state index in [0.29, 0.717) is 22.4 Å². The predicted molar refractivity (Wildman–Crippen MR) is 125 cm³/mol. The Morgan fingerprint density at radius 1 is 1.09 bits per heavy atom. The van der Waals surface area contributed by atoms with Crippen LogP contribution in [0.3, 0.4) is 0 Å². The summed E-state index contributed by atoms with van der Waals surface area (Å²) in [4.78, 5) is 21.0. The number of benzene rings is 2. The Balaban J connectivity index is 1.51. The Morgan fingerprint density at radius 2 is 1.83 bits per heavy atom. The fourth-order valence-electron chi connectivity index (χ4n) is 3.70. The molecule has 0 aliphatic carbocycles. The molecule has 4 aromatic rings. The van der Waals surface area contributed by atoms with E-state index in [4.69, 9.17) is 5.73 Å². The van der Waals surface area contributed by atoms with Gasteiger partial charge in [0.25, 0.3) is 5.91 Å². The molecule has 0 radical (unpaired) electrons. The largest absolute Gasteiger partial charge is 0.416 e. The highest BCUT2D eigenvalue weighted by molar-refractivity contribution is 5.93. The fourth-order valence-corrected chi connectivity index (χ4v) is 3.70. The average Bonchev–Trinajstić information content (AvgIpc) is 3.29. The number of aromatic nitrogens is 4. The Labute approximate surface area is 199 Å². The highest BCUT2D eigenvalue weighted by atomic mass is 19.4. The molecule has 3 N–H and O–H groups in total. The van der Waals surface area contributed by atoms with E-state index in [1.54, 1.807) is 54.5 Å². The molecule has 0 saturated carbocycles. The van der Waals surface area contributed by atoms with E-state index in [1.807, 2.05) is 6.92 Å². The first-order valence-corrected chi connectivity index (χ1v) is 10.8. The fraction of sp³-hybridized carbons (Fsp3) is 0.200. The zero-order valence-electron chi connectivity index (χ0n) is 19.0. The van der Waals surface area contributed by atoms with Crippen molar-refractivity contribution in [3.05, 3.63) is 89.6 Å². The Kier molecular flexibility index (Phi) is 6.65. The van der Waals surface area contributed by atoms with E-state index < -0.39 is 11.7 Å². The van der Waals surface area contributed by atoms with Crippen molar-refractivity contribution in [1.29, 1.82) is 0 Å². The molecule has 7 nitrogen and oxygen atoms in total. The summed E-state index contributed by atoms with van der Waals surface area (Å²) in [6.45, 7) is 1.92. The Bertz CT molecular complexity index is 1350. The van der Waals surface area contributed by atoms with E-state index in [-0.39, 0.29) is 24.2 Å². The monoisotopic (exact) mass is 480 g/mol. The number of aryl methyl sites for hydroxylation is 1. The second-order valence-corrected chi connectivity index (χ2v) is 8.08. The molecule has 0 aliphatic rings. The van der Waals surface area contributed by atoms with Gasteiger partial charge in [-0.2, -0.15) is 18.3 Å². The number of nitrogens with one attached hydrogen (secondary N) is 1. The van der Waals surface area contributed by atoms with Crippen LogP contribution in [-0.2, 0) is 19.8 Å². The lowest BCUT2D eigenvalue weighted by Gasteiger charge is -2.16. The highest BCUT2D eigenvalue weighted by Gasteiger charge is 2.31. The number of carbonyl (C=O) groups is 1.